The van der Waals surface area contributed by atoms with Gasteiger partial charge in [0.1, 0.15) is 29.4 Å². The Balaban J connectivity index is 1.59. The average Bonchev–Trinajstić information content (AvgIpc) is 2.77. The summed E-state index contributed by atoms with van der Waals surface area (Å²) in [6.07, 6.45) is -0.679. The van der Waals surface area contributed by atoms with Gasteiger partial charge in [-0.1, -0.05) is 35.9 Å². The maximum Gasteiger partial charge on any atom is 0.132 e. The van der Waals surface area contributed by atoms with Gasteiger partial charge in [-0.3, -0.25) is 0 Å². The van der Waals surface area contributed by atoms with Gasteiger partial charge in [-0.15, -0.1) is 0 Å². The number of ether oxygens (including phenoxy) is 3. The van der Waals surface area contributed by atoms with Crippen molar-refractivity contribution in [3.05, 3.63) is 94.3 Å². The van der Waals surface area contributed by atoms with E-state index in [0.29, 0.717) is 18.2 Å². The number of benzene rings is 3. The van der Waals surface area contributed by atoms with Crippen LogP contribution in [-0.4, -0.2) is 17.8 Å². The Bertz CT molecular complexity index is 1130. The van der Waals surface area contributed by atoms with Crippen LogP contribution in [0.3, 0.4) is 0 Å². The van der Waals surface area contributed by atoms with Gasteiger partial charge in [0, 0.05) is 22.8 Å². The summed E-state index contributed by atoms with van der Waals surface area (Å²) in [5.74, 6) is 0.528. The van der Waals surface area contributed by atoms with E-state index in [0.717, 1.165) is 28.1 Å². The van der Waals surface area contributed by atoms with E-state index in [4.69, 9.17) is 25.8 Å². The van der Waals surface area contributed by atoms with Crippen LogP contribution in [0.2, 0.25) is 5.02 Å². The Hall–Kier alpha value is -2.60. The molecule has 1 aliphatic rings. The third kappa shape index (κ3) is 5.90. The second-order valence-corrected chi connectivity index (χ2v) is 9.84. The molecule has 180 valence electrons. The third-order valence-corrected chi connectivity index (χ3v) is 6.01. The van der Waals surface area contributed by atoms with Gasteiger partial charge < -0.3 is 19.5 Å². The monoisotopic (exact) mass is 483 g/mol. The molecule has 4 nitrogen and oxygen atoms in total. The third-order valence-electron chi connectivity index (χ3n) is 5.77. The van der Waals surface area contributed by atoms with Gasteiger partial charge in [-0.05, 0) is 81.3 Å². The Morgan fingerprint density at radius 1 is 1.03 bits per heavy atom. The lowest BCUT2D eigenvalue weighted by molar-refractivity contribution is -0.177. The van der Waals surface area contributed by atoms with Gasteiger partial charge in [0.15, 0.2) is 0 Å². The first-order valence-corrected chi connectivity index (χ1v) is 11.9. The Morgan fingerprint density at radius 3 is 2.53 bits per heavy atom. The highest BCUT2D eigenvalue weighted by Crippen LogP contribution is 2.45. The van der Waals surface area contributed by atoms with Crippen LogP contribution in [0.4, 0.5) is 10.1 Å². The van der Waals surface area contributed by atoms with Gasteiger partial charge in [-0.2, -0.15) is 0 Å². The molecule has 0 fully saturated rings. The number of nitrogens with one attached hydrogen (secondary N) is 1. The molecule has 0 amide bonds. The predicted octanol–water partition coefficient (Wildman–Crippen LogP) is 7.31. The molecule has 2 atom stereocenters. The van der Waals surface area contributed by atoms with Crippen molar-refractivity contribution >= 4 is 17.3 Å². The topological polar surface area (TPSA) is 39.7 Å². The van der Waals surface area contributed by atoms with Crippen molar-refractivity contribution in [3.63, 3.8) is 0 Å². The number of hydrogen-bond acceptors (Lipinski definition) is 4. The standard InChI is InChI=1S/C28H31ClFNO3/c1-18(2)33-26-24-15-23(31-16-19-7-6-10-22(30)14-19)11-12-25(24)34-28(3,4)27(26)32-17-20-8-5-9-21(29)13-20/h5-15,18,26-27,31H,16-17H2,1-4H3. The summed E-state index contributed by atoms with van der Waals surface area (Å²) >= 11 is 6.15. The maximum atomic E-state index is 13.5. The highest BCUT2D eigenvalue weighted by atomic mass is 35.5. The Kier molecular flexibility index (Phi) is 7.46. The maximum absolute atomic E-state index is 13.5. The van der Waals surface area contributed by atoms with Gasteiger partial charge in [0.05, 0.1) is 12.7 Å². The summed E-state index contributed by atoms with van der Waals surface area (Å²) in [7, 11) is 0. The number of rotatable bonds is 8. The van der Waals surface area contributed by atoms with Crippen LogP contribution >= 0.6 is 11.6 Å². The van der Waals surface area contributed by atoms with E-state index >= 15 is 0 Å². The zero-order chi connectivity index (χ0) is 24.3. The first-order chi connectivity index (χ1) is 16.2. The van der Waals surface area contributed by atoms with Crippen LogP contribution in [0.1, 0.15) is 50.5 Å². The van der Waals surface area contributed by atoms with Gasteiger partial charge in [0.25, 0.3) is 0 Å². The fourth-order valence-corrected chi connectivity index (χ4v) is 4.45. The van der Waals surface area contributed by atoms with E-state index in [9.17, 15) is 4.39 Å². The number of halogens is 2. The molecular formula is C28H31ClFNO3. The molecule has 0 spiro atoms. The molecule has 0 saturated carbocycles. The highest BCUT2D eigenvalue weighted by molar-refractivity contribution is 6.30. The van der Waals surface area contributed by atoms with Crippen LogP contribution in [0.15, 0.2) is 66.7 Å². The molecule has 6 heteroatoms. The lowest BCUT2D eigenvalue weighted by atomic mass is 9.87. The average molecular weight is 484 g/mol. The van der Waals surface area contributed by atoms with Crippen LogP contribution in [0.25, 0.3) is 0 Å². The molecule has 3 aromatic rings. The molecule has 1 heterocycles. The SMILES string of the molecule is CC(C)OC1c2cc(NCc3cccc(F)c3)ccc2OC(C)(C)C1OCc1cccc(Cl)c1. The summed E-state index contributed by atoms with van der Waals surface area (Å²) in [5.41, 5.74) is 3.07. The van der Waals surface area contributed by atoms with E-state index in [-0.39, 0.29) is 24.1 Å². The predicted molar refractivity (Wildman–Crippen MR) is 134 cm³/mol. The normalized spacial score (nSPS) is 18.9. The molecule has 3 aromatic carbocycles. The van der Waals surface area contributed by atoms with Crippen molar-refractivity contribution in [1.29, 1.82) is 0 Å². The second kappa shape index (κ2) is 10.3. The van der Waals surface area contributed by atoms with Crippen molar-refractivity contribution in [1.82, 2.24) is 0 Å². The van der Waals surface area contributed by atoms with Crippen molar-refractivity contribution in [2.75, 3.05) is 5.32 Å². The van der Waals surface area contributed by atoms with Gasteiger partial charge >= 0.3 is 0 Å². The van der Waals surface area contributed by atoms with Crippen LogP contribution < -0.4 is 10.1 Å². The minimum absolute atomic E-state index is 0.00655. The minimum atomic E-state index is -0.609. The number of anilines is 1. The smallest absolute Gasteiger partial charge is 0.132 e. The first-order valence-electron chi connectivity index (χ1n) is 11.5. The quantitative estimate of drug-likeness (QED) is 0.364. The molecule has 34 heavy (non-hydrogen) atoms. The number of fused-ring (bicyclic) bond motifs is 1. The summed E-state index contributed by atoms with van der Waals surface area (Å²) in [4.78, 5) is 0. The first kappa shape index (κ1) is 24.5. The molecule has 0 aromatic heterocycles. The van der Waals surface area contributed by atoms with Gasteiger partial charge in [-0.25, -0.2) is 4.39 Å². The molecular weight excluding hydrogens is 453 g/mol. The minimum Gasteiger partial charge on any atom is -0.485 e. The largest absolute Gasteiger partial charge is 0.485 e. The zero-order valence-corrected chi connectivity index (χ0v) is 20.7. The zero-order valence-electron chi connectivity index (χ0n) is 20.0. The van der Waals surface area contributed by atoms with Crippen molar-refractivity contribution in [2.24, 2.45) is 0 Å². The van der Waals surface area contributed by atoms with Crippen LogP contribution in [0.5, 0.6) is 5.75 Å². The van der Waals surface area contributed by atoms with Crippen LogP contribution in [0, 0.1) is 5.82 Å². The lowest BCUT2D eigenvalue weighted by Crippen LogP contribution is -2.51. The molecule has 0 radical (unpaired) electrons. The molecule has 0 saturated heterocycles. The van der Waals surface area contributed by atoms with Gasteiger partial charge in [0.2, 0.25) is 0 Å². The summed E-state index contributed by atoms with van der Waals surface area (Å²) in [6, 6.07) is 20.2. The Labute approximate surface area is 206 Å². The van der Waals surface area contributed by atoms with Crippen LogP contribution in [-0.2, 0) is 22.6 Å². The fraction of sp³-hybridized carbons (Fsp3) is 0.357. The molecule has 4 rings (SSSR count). The van der Waals surface area contributed by atoms with E-state index in [1.54, 1.807) is 6.07 Å². The molecule has 1 aliphatic heterocycles. The van der Waals surface area contributed by atoms with Crippen molar-refractivity contribution in [2.45, 2.75) is 64.8 Å². The van der Waals surface area contributed by atoms with E-state index in [2.05, 4.69) is 5.32 Å². The molecule has 2 unspecified atom stereocenters. The Morgan fingerprint density at radius 2 is 1.79 bits per heavy atom. The highest BCUT2D eigenvalue weighted by Gasteiger charge is 2.46. The van der Waals surface area contributed by atoms with Crippen molar-refractivity contribution < 1.29 is 18.6 Å². The van der Waals surface area contributed by atoms with Crippen molar-refractivity contribution in [3.8, 4) is 5.75 Å². The lowest BCUT2D eigenvalue weighted by Gasteiger charge is -2.45. The van der Waals surface area contributed by atoms with E-state index in [1.165, 1.54) is 12.1 Å². The molecule has 0 aliphatic carbocycles. The summed E-state index contributed by atoms with van der Waals surface area (Å²) in [6.45, 7) is 8.97. The fourth-order valence-electron chi connectivity index (χ4n) is 4.23. The molecule has 0 bridgehead atoms. The summed E-state index contributed by atoms with van der Waals surface area (Å²) in [5, 5.41) is 4.05. The second-order valence-electron chi connectivity index (χ2n) is 9.41. The van der Waals surface area contributed by atoms with E-state index in [1.807, 2.05) is 76.2 Å². The molecule has 1 N–H and O–H groups in total. The number of hydrogen-bond donors (Lipinski definition) is 1. The van der Waals surface area contributed by atoms with E-state index < -0.39 is 5.60 Å². The summed E-state index contributed by atoms with van der Waals surface area (Å²) < 4.78 is 32.7.